The molecular formula is C8H7ClF3N3. The average molecular weight is 238 g/mol. The zero-order valence-electron chi connectivity index (χ0n) is 7.32. The van der Waals surface area contributed by atoms with Gasteiger partial charge in [0.2, 0.25) is 0 Å². The summed E-state index contributed by atoms with van der Waals surface area (Å²) in [4.78, 5) is 0. The predicted molar refractivity (Wildman–Crippen MR) is 50.7 cm³/mol. The van der Waals surface area contributed by atoms with Gasteiger partial charge in [-0.15, -0.1) is 22.6 Å². The molecule has 1 aliphatic rings. The number of hydrogen-bond acceptors (Lipinski definition) is 3. The number of hydrogen-bond donors (Lipinski definition) is 1. The Balaban J connectivity index is 0.00000112. The summed E-state index contributed by atoms with van der Waals surface area (Å²) in [5, 5.41) is 6.13. The van der Waals surface area contributed by atoms with Crippen LogP contribution in [0.15, 0.2) is 34.5 Å². The minimum Gasteiger partial charge on any atom is -0.399 e. The minimum absolute atomic E-state index is 0. The van der Waals surface area contributed by atoms with E-state index in [0.29, 0.717) is 5.69 Å². The Bertz CT molecular complexity index is 379. The Morgan fingerprint density at radius 2 is 1.53 bits per heavy atom. The van der Waals surface area contributed by atoms with E-state index in [-0.39, 0.29) is 18.0 Å². The van der Waals surface area contributed by atoms with Gasteiger partial charge in [-0.2, -0.15) is 13.2 Å². The molecule has 0 spiro atoms. The molecule has 0 amide bonds. The lowest BCUT2D eigenvalue weighted by molar-refractivity contribution is -0.166. The van der Waals surface area contributed by atoms with E-state index in [9.17, 15) is 13.2 Å². The van der Waals surface area contributed by atoms with Crippen molar-refractivity contribution in [3.63, 3.8) is 0 Å². The molecule has 15 heavy (non-hydrogen) atoms. The average Bonchev–Trinajstić information content (AvgIpc) is 2.84. The number of anilines is 1. The molecule has 1 heterocycles. The van der Waals surface area contributed by atoms with Crippen LogP contribution in [0.1, 0.15) is 5.56 Å². The molecule has 0 saturated carbocycles. The summed E-state index contributed by atoms with van der Waals surface area (Å²) in [5.74, 6) is 0. The van der Waals surface area contributed by atoms with Crippen molar-refractivity contribution in [2.45, 2.75) is 11.8 Å². The molecule has 1 aromatic carbocycles. The molecule has 3 nitrogen and oxygen atoms in total. The molecule has 2 N–H and O–H groups in total. The third-order valence-corrected chi connectivity index (χ3v) is 2.01. The van der Waals surface area contributed by atoms with E-state index in [4.69, 9.17) is 5.73 Å². The Labute approximate surface area is 89.6 Å². The topological polar surface area (TPSA) is 50.7 Å². The molecule has 82 valence electrons. The van der Waals surface area contributed by atoms with Gasteiger partial charge in [-0.05, 0) is 12.1 Å². The number of nitrogens with zero attached hydrogens (tertiary/aromatic N) is 2. The van der Waals surface area contributed by atoms with Crippen LogP contribution in [-0.4, -0.2) is 6.18 Å². The van der Waals surface area contributed by atoms with E-state index in [2.05, 4.69) is 10.2 Å². The fraction of sp³-hybridized carbons (Fsp3) is 0.250. The molecule has 0 saturated heterocycles. The van der Waals surface area contributed by atoms with Gasteiger partial charge in [0, 0.05) is 11.3 Å². The third-order valence-electron chi connectivity index (χ3n) is 2.01. The Hall–Kier alpha value is -1.30. The number of nitrogen functional groups attached to an aromatic ring is 1. The normalized spacial score (nSPS) is 17.0. The highest BCUT2D eigenvalue weighted by Crippen LogP contribution is 2.52. The molecular weight excluding hydrogens is 231 g/mol. The van der Waals surface area contributed by atoms with Crippen molar-refractivity contribution in [1.29, 1.82) is 0 Å². The van der Waals surface area contributed by atoms with E-state index < -0.39 is 11.8 Å². The van der Waals surface area contributed by atoms with Crippen LogP contribution in [0.3, 0.4) is 0 Å². The van der Waals surface area contributed by atoms with Crippen LogP contribution in [0.5, 0.6) is 0 Å². The lowest BCUT2D eigenvalue weighted by atomic mass is 10.0. The van der Waals surface area contributed by atoms with E-state index in [0.717, 1.165) is 0 Å². The van der Waals surface area contributed by atoms with Gasteiger partial charge in [-0.1, -0.05) is 12.1 Å². The van der Waals surface area contributed by atoms with Crippen LogP contribution in [0, 0.1) is 0 Å². The van der Waals surface area contributed by atoms with E-state index in [1.807, 2.05) is 0 Å². The van der Waals surface area contributed by atoms with Gasteiger partial charge in [-0.3, -0.25) is 0 Å². The summed E-state index contributed by atoms with van der Waals surface area (Å²) >= 11 is 0. The minimum atomic E-state index is -4.47. The van der Waals surface area contributed by atoms with Crippen LogP contribution in [0.2, 0.25) is 0 Å². The molecule has 0 bridgehead atoms. The first kappa shape index (κ1) is 11.8. The van der Waals surface area contributed by atoms with Crippen molar-refractivity contribution in [2.24, 2.45) is 10.2 Å². The van der Waals surface area contributed by atoms with Gasteiger partial charge >= 0.3 is 11.8 Å². The number of halogens is 4. The fourth-order valence-electron chi connectivity index (χ4n) is 1.16. The van der Waals surface area contributed by atoms with Crippen LogP contribution in [0.25, 0.3) is 0 Å². The summed E-state index contributed by atoms with van der Waals surface area (Å²) < 4.78 is 37.4. The molecule has 0 unspecified atom stereocenters. The Morgan fingerprint density at radius 1 is 1.07 bits per heavy atom. The SMILES string of the molecule is Cl.Nc1ccc(C2(C(F)(F)F)N=N2)cc1. The number of benzene rings is 1. The molecule has 0 aliphatic carbocycles. The summed E-state index contributed by atoms with van der Waals surface area (Å²) in [5.41, 5.74) is 3.43. The van der Waals surface area contributed by atoms with Crippen LogP contribution < -0.4 is 5.73 Å². The summed E-state index contributed by atoms with van der Waals surface area (Å²) in [6.45, 7) is 0. The van der Waals surface area contributed by atoms with Crippen LogP contribution >= 0.6 is 12.4 Å². The zero-order valence-corrected chi connectivity index (χ0v) is 8.14. The second-order valence-electron chi connectivity index (χ2n) is 2.99. The van der Waals surface area contributed by atoms with Crippen molar-refractivity contribution in [3.8, 4) is 0 Å². The van der Waals surface area contributed by atoms with Gasteiger partial charge in [0.05, 0.1) is 0 Å². The van der Waals surface area contributed by atoms with Crippen LogP contribution in [0.4, 0.5) is 18.9 Å². The number of rotatable bonds is 1. The maximum absolute atomic E-state index is 12.5. The molecule has 7 heteroatoms. The van der Waals surface area contributed by atoms with Gasteiger partial charge in [0.1, 0.15) is 0 Å². The lowest BCUT2D eigenvalue weighted by Gasteiger charge is -2.14. The zero-order chi connectivity index (χ0) is 10.4. The van der Waals surface area contributed by atoms with Gasteiger partial charge in [0.15, 0.2) is 0 Å². The quantitative estimate of drug-likeness (QED) is 0.750. The van der Waals surface area contributed by atoms with E-state index in [1.165, 1.54) is 24.3 Å². The smallest absolute Gasteiger partial charge is 0.399 e. The number of alkyl halides is 3. The van der Waals surface area contributed by atoms with Crippen molar-refractivity contribution in [2.75, 3.05) is 5.73 Å². The van der Waals surface area contributed by atoms with Crippen LogP contribution in [-0.2, 0) is 5.66 Å². The van der Waals surface area contributed by atoms with E-state index in [1.54, 1.807) is 0 Å². The molecule has 1 aliphatic heterocycles. The first-order valence-electron chi connectivity index (χ1n) is 3.82. The summed E-state index contributed by atoms with van der Waals surface area (Å²) in [6.07, 6.45) is -4.47. The lowest BCUT2D eigenvalue weighted by Crippen LogP contribution is -2.29. The van der Waals surface area contributed by atoms with Crippen molar-refractivity contribution in [3.05, 3.63) is 29.8 Å². The van der Waals surface area contributed by atoms with Gasteiger partial charge in [-0.25, -0.2) is 0 Å². The maximum Gasteiger partial charge on any atom is 0.442 e. The number of nitrogens with two attached hydrogens (primary N) is 1. The highest BCUT2D eigenvalue weighted by Gasteiger charge is 2.65. The molecule has 0 radical (unpaired) electrons. The molecule has 0 atom stereocenters. The van der Waals surface area contributed by atoms with E-state index >= 15 is 0 Å². The summed E-state index contributed by atoms with van der Waals surface area (Å²) in [7, 11) is 0. The van der Waals surface area contributed by atoms with Crippen molar-refractivity contribution >= 4 is 18.1 Å². The van der Waals surface area contributed by atoms with Gasteiger partial charge in [0.25, 0.3) is 0 Å². The standard InChI is InChI=1S/C8H6F3N3.ClH/c9-8(10,11)7(13-14-7)5-1-3-6(12)4-2-5;/h1-4H,12H2;1H. The molecule has 1 aromatic rings. The maximum atomic E-state index is 12.5. The highest BCUT2D eigenvalue weighted by molar-refractivity contribution is 5.85. The Morgan fingerprint density at radius 3 is 1.87 bits per heavy atom. The van der Waals surface area contributed by atoms with Crippen molar-refractivity contribution < 1.29 is 13.2 Å². The largest absolute Gasteiger partial charge is 0.442 e. The predicted octanol–water partition coefficient (Wildman–Crippen LogP) is 2.87. The van der Waals surface area contributed by atoms with Gasteiger partial charge < -0.3 is 5.73 Å². The molecule has 2 rings (SSSR count). The second-order valence-corrected chi connectivity index (χ2v) is 2.99. The second kappa shape index (κ2) is 3.37. The molecule has 0 fully saturated rings. The monoisotopic (exact) mass is 237 g/mol. The third kappa shape index (κ3) is 1.77. The molecule has 0 aromatic heterocycles. The van der Waals surface area contributed by atoms with Crippen molar-refractivity contribution in [1.82, 2.24) is 0 Å². The first-order valence-corrected chi connectivity index (χ1v) is 3.82. The fourth-order valence-corrected chi connectivity index (χ4v) is 1.16. The Kier molecular flexibility index (Phi) is 2.65. The first-order chi connectivity index (χ1) is 6.46. The summed E-state index contributed by atoms with van der Waals surface area (Å²) in [6, 6.07) is 5.35. The highest BCUT2D eigenvalue weighted by atomic mass is 35.5.